The van der Waals surface area contributed by atoms with E-state index in [4.69, 9.17) is 0 Å². The third kappa shape index (κ3) is 2.46. The number of hydrogen-bond donors (Lipinski definition) is 1. The lowest BCUT2D eigenvalue weighted by molar-refractivity contribution is -0.136. The summed E-state index contributed by atoms with van der Waals surface area (Å²) in [4.78, 5) is 12.3. The molecule has 2 aliphatic carbocycles. The Balaban J connectivity index is 1.51. The highest BCUT2D eigenvalue weighted by atomic mass is 19.4. The Morgan fingerprint density at radius 2 is 2.12 bits per heavy atom. The molecule has 1 N–H and O–H groups in total. The molecule has 0 saturated heterocycles. The number of pyridine rings is 1. The molecule has 2 aromatic heterocycles. The number of fused-ring (bicyclic) bond motifs is 3. The van der Waals surface area contributed by atoms with Gasteiger partial charge in [-0.3, -0.25) is 9.20 Å². The molecule has 1 fully saturated rings. The molecule has 1 saturated carbocycles. The van der Waals surface area contributed by atoms with Gasteiger partial charge in [0.2, 0.25) is 5.91 Å². The number of nitrogens with zero attached hydrogens (tertiary/aromatic N) is 3. The van der Waals surface area contributed by atoms with Gasteiger partial charge in [-0.15, -0.1) is 10.2 Å². The van der Waals surface area contributed by atoms with E-state index in [9.17, 15) is 18.0 Å². The average molecular weight is 336 g/mol. The minimum Gasteiger partial charge on any atom is -0.349 e. The summed E-state index contributed by atoms with van der Waals surface area (Å²) in [6, 6.07) is 2.26. The molecule has 0 aliphatic heterocycles. The number of hydrogen-bond acceptors (Lipinski definition) is 3. The Morgan fingerprint density at radius 1 is 1.29 bits per heavy atom. The normalized spacial score (nSPS) is 25.5. The maximum atomic E-state index is 13.0. The second-order valence-corrected chi connectivity index (χ2v) is 6.33. The predicted octanol–water partition coefficient (Wildman–Crippen LogP) is 2.58. The Bertz CT molecular complexity index is 826. The van der Waals surface area contributed by atoms with Gasteiger partial charge in [0.1, 0.15) is 5.56 Å². The summed E-state index contributed by atoms with van der Waals surface area (Å²) < 4.78 is 40.2. The molecule has 3 unspecified atom stereocenters. The summed E-state index contributed by atoms with van der Waals surface area (Å²) in [5.41, 5.74) is -1.09. The Labute approximate surface area is 135 Å². The van der Waals surface area contributed by atoms with Crippen molar-refractivity contribution in [3.05, 3.63) is 41.9 Å². The first-order valence-electron chi connectivity index (χ1n) is 7.79. The zero-order chi connectivity index (χ0) is 16.9. The van der Waals surface area contributed by atoms with Crippen molar-refractivity contribution in [2.75, 3.05) is 0 Å². The van der Waals surface area contributed by atoms with Crippen LogP contribution in [0.25, 0.3) is 5.65 Å². The summed E-state index contributed by atoms with van der Waals surface area (Å²) in [5.74, 6) is 0.916. The van der Waals surface area contributed by atoms with Crippen molar-refractivity contribution >= 4 is 11.6 Å². The zero-order valence-corrected chi connectivity index (χ0v) is 12.6. The SMILES string of the molecule is O=C(NCc1nnc2c(C(F)(F)F)cccn12)C1CC2C=CC1C2. The first-order chi connectivity index (χ1) is 11.4. The lowest BCUT2D eigenvalue weighted by Crippen LogP contribution is -2.33. The Morgan fingerprint density at radius 3 is 2.79 bits per heavy atom. The van der Waals surface area contributed by atoms with E-state index in [1.54, 1.807) is 0 Å². The molecule has 8 heteroatoms. The molecule has 0 aromatic carbocycles. The van der Waals surface area contributed by atoms with Crippen LogP contribution in [0.1, 0.15) is 24.2 Å². The van der Waals surface area contributed by atoms with Crippen LogP contribution in [-0.2, 0) is 17.5 Å². The summed E-state index contributed by atoms with van der Waals surface area (Å²) in [6.07, 6.45) is 3.06. The monoisotopic (exact) mass is 336 g/mol. The topological polar surface area (TPSA) is 59.3 Å². The molecule has 1 amide bonds. The van der Waals surface area contributed by atoms with Crippen LogP contribution in [0, 0.1) is 17.8 Å². The number of nitrogens with one attached hydrogen (secondary N) is 1. The maximum absolute atomic E-state index is 13.0. The van der Waals surface area contributed by atoms with Crippen LogP contribution in [0.4, 0.5) is 13.2 Å². The fourth-order valence-corrected chi connectivity index (χ4v) is 3.69. The molecular formula is C16H15F3N4O. The lowest BCUT2D eigenvalue weighted by atomic mass is 9.93. The summed E-state index contributed by atoms with van der Waals surface area (Å²) in [6.45, 7) is 0.0545. The molecule has 2 heterocycles. The second kappa shape index (κ2) is 5.32. The average Bonchev–Trinajstić information content (AvgIpc) is 3.26. The third-order valence-corrected chi connectivity index (χ3v) is 4.85. The molecular weight excluding hydrogens is 321 g/mol. The predicted molar refractivity (Wildman–Crippen MR) is 78.7 cm³/mol. The Hall–Kier alpha value is -2.38. The van der Waals surface area contributed by atoms with E-state index in [-0.39, 0.29) is 35.8 Å². The van der Waals surface area contributed by atoms with Gasteiger partial charge in [-0.2, -0.15) is 13.2 Å². The number of aromatic nitrogens is 3. The molecule has 5 nitrogen and oxygen atoms in total. The first-order valence-corrected chi connectivity index (χ1v) is 7.79. The first kappa shape index (κ1) is 15.2. The van der Waals surface area contributed by atoms with E-state index in [1.165, 1.54) is 16.7 Å². The van der Waals surface area contributed by atoms with Crippen LogP contribution < -0.4 is 5.32 Å². The third-order valence-electron chi connectivity index (χ3n) is 4.85. The standard InChI is InChI=1S/C16H15F3N4O/c17-16(18,19)12-2-1-5-23-13(21-22-14(12)23)8-20-15(24)11-7-9-3-4-10(11)6-9/h1-5,9-11H,6-8H2,(H,20,24). The number of carbonyl (C=O) groups is 1. The van der Waals surface area contributed by atoms with Gasteiger partial charge in [0.25, 0.3) is 0 Å². The number of carbonyl (C=O) groups excluding carboxylic acids is 1. The fraction of sp³-hybridized carbons (Fsp3) is 0.438. The van der Waals surface area contributed by atoms with Crippen LogP contribution in [0.15, 0.2) is 30.5 Å². The molecule has 0 spiro atoms. The van der Waals surface area contributed by atoms with Crippen molar-refractivity contribution in [2.45, 2.75) is 25.6 Å². The molecule has 2 bridgehead atoms. The largest absolute Gasteiger partial charge is 0.420 e. The molecule has 0 radical (unpaired) electrons. The van der Waals surface area contributed by atoms with Crippen molar-refractivity contribution in [3.8, 4) is 0 Å². The van der Waals surface area contributed by atoms with Gasteiger partial charge in [-0.05, 0) is 36.8 Å². The Kier molecular flexibility index (Phi) is 3.36. The van der Waals surface area contributed by atoms with E-state index in [0.717, 1.165) is 18.9 Å². The van der Waals surface area contributed by atoms with Gasteiger partial charge in [-0.25, -0.2) is 0 Å². The minimum absolute atomic E-state index is 0.0510. The zero-order valence-electron chi connectivity index (χ0n) is 12.6. The fourth-order valence-electron chi connectivity index (χ4n) is 3.69. The van der Waals surface area contributed by atoms with Gasteiger partial charge in [-0.1, -0.05) is 12.2 Å². The molecule has 2 aromatic rings. The van der Waals surface area contributed by atoms with Crippen molar-refractivity contribution in [3.63, 3.8) is 0 Å². The summed E-state index contributed by atoms with van der Waals surface area (Å²) >= 11 is 0. The van der Waals surface area contributed by atoms with Crippen LogP contribution in [0.5, 0.6) is 0 Å². The van der Waals surface area contributed by atoms with Gasteiger partial charge >= 0.3 is 6.18 Å². The van der Waals surface area contributed by atoms with Crippen LogP contribution in [0.3, 0.4) is 0 Å². The smallest absolute Gasteiger partial charge is 0.349 e. The van der Waals surface area contributed by atoms with E-state index in [0.29, 0.717) is 5.92 Å². The van der Waals surface area contributed by atoms with Crippen LogP contribution in [0.2, 0.25) is 0 Å². The molecule has 2 aliphatic rings. The van der Waals surface area contributed by atoms with Gasteiger partial charge in [0.05, 0.1) is 6.54 Å². The highest BCUT2D eigenvalue weighted by Crippen LogP contribution is 2.43. The van der Waals surface area contributed by atoms with E-state index in [2.05, 4.69) is 27.7 Å². The van der Waals surface area contributed by atoms with Crippen molar-refractivity contribution < 1.29 is 18.0 Å². The molecule has 24 heavy (non-hydrogen) atoms. The van der Waals surface area contributed by atoms with Gasteiger partial charge < -0.3 is 5.32 Å². The molecule has 4 rings (SSSR count). The van der Waals surface area contributed by atoms with Crippen LogP contribution >= 0.6 is 0 Å². The molecule has 3 atom stereocenters. The summed E-state index contributed by atoms with van der Waals surface area (Å²) in [7, 11) is 0. The van der Waals surface area contributed by atoms with Gasteiger partial charge in [0, 0.05) is 12.1 Å². The number of alkyl halides is 3. The number of halogens is 3. The van der Waals surface area contributed by atoms with E-state index in [1.807, 2.05) is 0 Å². The molecule has 126 valence electrons. The van der Waals surface area contributed by atoms with Crippen molar-refractivity contribution in [1.29, 1.82) is 0 Å². The van der Waals surface area contributed by atoms with Crippen LogP contribution in [-0.4, -0.2) is 20.5 Å². The van der Waals surface area contributed by atoms with E-state index < -0.39 is 11.7 Å². The number of allylic oxidation sites excluding steroid dienone is 2. The highest BCUT2D eigenvalue weighted by Gasteiger charge is 2.39. The van der Waals surface area contributed by atoms with Crippen molar-refractivity contribution in [2.24, 2.45) is 17.8 Å². The van der Waals surface area contributed by atoms with E-state index >= 15 is 0 Å². The highest BCUT2D eigenvalue weighted by molar-refractivity contribution is 5.79. The lowest BCUT2D eigenvalue weighted by Gasteiger charge is -2.17. The summed E-state index contributed by atoms with van der Waals surface area (Å²) in [5, 5.41) is 10.2. The van der Waals surface area contributed by atoms with Crippen molar-refractivity contribution in [1.82, 2.24) is 19.9 Å². The number of amides is 1. The number of rotatable bonds is 3. The minimum atomic E-state index is -4.49. The van der Waals surface area contributed by atoms with Gasteiger partial charge in [0.15, 0.2) is 11.5 Å². The maximum Gasteiger partial charge on any atom is 0.420 e. The quantitative estimate of drug-likeness (QED) is 0.877. The second-order valence-electron chi connectivity index (χ2n) is 6.33.